The van der Waals surface area contributed by atoms with E-state index in [1.165, 1.54) is 5.56 Å². The number of ether oxygens (including phenoxy) is 1. The summed E-state index contributed by atoms with van der Waals surface area (Å²) in [5.41, 5.74) is 4.39. The second-order valence-electron chi connectivity index (χ2n) is 11.7. The van der Waals surface area contributed by atoms with E-state index >= 15 is 0 Å². The third kappa shape index (κ3) is 7.32. The van der Waals surface area contributed by atoms with E-state index in [0.29, 0.717) is 37.6 Å². The molecule has 0 aliphatic carbocycles. The standard InChI is InChI=1S/C34H40ClN5O3/c35-26-13-11-24(12-14-26)20-30(38-33(41)21-29-28-8-2-1-6-25(28)22-37-29)34(42)40-18-16-39(17-19-40)31-9-3-4-10-32(31)43-27-7-5-15-36-23-27/h1-4,6,8-14,27,29-30,36-37H,5,7,15-23H2,(H,38,41)/t27-,29?,30-/m1/s1. The summed E-state index contributed by atoms with van der Waals surface area (Å²) < 4.78 is 6.40. The van der Waals surface area contributed by atoms with E-state index in [1.807, 2.05) is 59.5 Å². The number of para-hydroxylation sites is 2. The van der Waals surface area contributed by atoms with Gasteiger partial charge in [0.1, 0.15) is 17.9 Å². The highest BCUT2D eigenvalue weighted by atomic mass is 35.5. The Labute approximate surface area is 258 Å². The van der Waals surface area contributed by atoms with Crippen molar-refractivity contribution in [3.8, 4) is 5.75 Å². The molecule has 226 valence electrons. The van der Waals surface area contributed by atoms with Gasteiger partial charge in [0.15, 0.2) is 0 Å². The molecule has 43 heavy (non-hydrogen) atoms. The fourth-order valence-corrected chi connectivity index (χ4v) is 6.49. The number of rotatable bonds is 9. The molecule has 2 fully saturated rings. The first-order valence-electron chi connectivity index (χ1n) is 15.4. The van der Waals surface area contributed by atoms with Crippen molar-refractivity contribution in [1.29, 1.82) is 0 Å². The van der Waals surface area contributed by atoms with Crippen LogP contribution < -0.4 is 25.6 Å². The number of carbonyl (C=O) groups is 2. The summed E-state index contributed by atoms with van der Waals surface area (Å²) in [7, 11) is 0. The maximum Gasteiger partial charge on any atom is 0.245 e. The monoisotopic (exact) mass is 601 g/mol. The molecule has 0 aromatic heterocycles. The normalized spacial score (nSPS) is 20.8. The molecule has 1 unspecified atom stereocenters. The minimum atomic E-state index is -0.661. The van der Waals surface area contributed by atoms with Gasteiger partial charge in [0.05, 0.1) is 5.69 Å². The number of hydrogen-bond donors (Lipinski definition) is 3. The molecule has 3 aromatic carbocycles. The first kappa shape index (κ1) is 29.5. The summed E-state index contributed by atoms with van der Waals surface area (Å²) in [6, 6.07) is 23.1. The van der Waals surface area contributed by atoms with Crippen molar-refractivity contribution < 1.29 is 14.3 Å². The highest BCUT2D eigenvalue weighted by Gasteiger charge is 2.31. The topological polar surface area (TPSA) is 85.9 Å². The van der Waals surface area contributed by atoms with Gasteiger partial charge in [-0.25, -0.2) is 0 Å². The van der Waals surface area contributed by atoms with Gasteiger partial charge in [0.25, 0.3) is 0 Å². The Balaban J connectivity index is 1.11. The molecule has 3 aromatic rings. The number of piperidine rings is 1. The molecule has 0 radical (unpaired) electrons. The molecular weight excluding hydrogens is 562 g/mol. The summed E-state index contributed by atoms with van der Waals surface area (Å²) in [6.07, 6.45) is 3.02. The highest BCUT2D eigenvalue weighted by Crippen LogP contribution is 2.31. The lowest BCUT2D eigenvalue weighted by Crippen LogP contribution is -2.55. The lowest BCUT2D eigenvalue weighted by atomic mass is 10.0. The second-order valence-corrected chi connectivity index (χ2v) is 12.1. The van der Waals surface area contributed by atoms with E-state index in [2.05, 4.69) is 39.0 Å². The summed E-state index contributed by atoms with van der Waals surface area (Å²) >= 11 is 6.11. The van der Waals surface area contributed by atoms with Crippen LogP contribution in [-0.2, 0) is 22.6 Å². The molecular formula is C34H40ClN5O3. The Morgan fingerprint density at radius 3 is 2.53 bits per heavy atom. The van der Waals surface area contributed by atoms with Crippen LogP contribution in [0.1, 0.15) is 42.0 Å². The van der Waals surface area contributed by atoms with E-state index in [0.717, 1.165) is 55.0 Å². The van der Waals surface area contributed by atoms with Crippen molar-refractivity contribution >= 4 is 29.1 Å². The zero-order chi connectivity index (χ0) is 29.6. The fraction of sp³-hybridized carbons (Fsp3) is 0.412. The zero-order valence-electron chi connectivity index (χ0n) is 24.4. The van der Waals surface area contributed by atoms with Crippen LogP contribution in [0.4, 0.5) is 5.69 Å². The van der Waals surface area contributed by atoms with Crippen molar-refractivity contribution in [2.45, 2.75) is 50.4 Å². The smallest absolute Gasteiger partial charge is 0.245 e. The minimum absolute atomic E-state index is 0.0550. The largest absolute Gasteiger partial charge is 0.487 e. The molecule has 9 heteroatoms. The fourth-order valence-electron chi connectivity index (χ4n) is 6.36. The number of nitrogens with one attached hydrogen (secondary N) is 3. The molecule has 0 bridgehead atoms. The molecule has 6 rings (SSSR count). The predicted octanol–water partition coefficient (Wildman–Crippen LogP) is 4.08. The lowest BCUT2D eigenvalue weighted by Gasteiger charge is -2.38. The quantitative estimate of drug-likeness (QED) is 0.343. The van der Waals surface area contributed by atoms with Crippen molar-refractivity contribution in [3.05, 3.63) is 94.5 Å². The van der Waals surface area contributed by atoms with Crippen molar-refractivity contribution in [2.24, 2.45) is 0 Å². The molecule has 2 amide bonds. The van der Waals surface area contributed by atoms with Gasteiger partial charge in [0.2, 0.25) is 11.8 Å². The second kappa shape index (κ2) is 13.8. The SMILES string of the molecule is O=C(CC1NCc2ccccc21)N[C@H](Cc1ccc(Cl)cc1)C(=O)N1CCN(c2ccccc2O[C@@H]2CCCNC2)CC1. The van der Waals surface area contributed by atoms with Gasteiger partial charge in [0, 0.05) is 63.2 Å². The zero-order valence-corrected chi connectivity index (χ0v) is 25.2. The minimum Gasteiger partial charge on any atom is -0.487 e. The van der Waals surface area contributed by atoms with Gasteiger partial charge in [-0.15, -0.1) is 0 Å². The van der Waals surface area contributed by atoms with Crippen molar-refractivity contribution in [2.75, 3.05) is 44.2 Å². The Morgan fingerprint density at radius 1 is 0.977 bits per heavy atom. The van der Waals surface area contributed by atoms with Gasteiger partial charge in [-0.2, -0.15) is 0 Å². The summed E-state index contributed by atoms with van der Waals surface area (Å²) in [5.74, 6) is 0.704. The molecule has 3 heterocycles. The Kier molecular flexibility index (Phi) is 9.46. The lowest BCUT2D eigenvalue weighted by molar-refractivity contribution is -0.136. The van der Waals surface area contributed by atoms with Crippen molar-refractivity contribution in [3.63, 3.8) is 0 Å². The Hall–Kier alpha value is -3.59. The van der Waals surface area contributed by atoms with E-state index in [1.54, 1.807) is 0 Å². The van der Waals surface area contributed by atoms with Gasteiger partial charge in [-0.1, -0.05) is 60.1 Å². The number of carbonyl (C=O) groups excluding carboxylic acids is 2. The molecule has 3 aliphatic rings. The molecule has 8 nitrogen and oxygen atoms in total. The first-order chi connectivity index (χ1) is 21.0. The highest BCUT2D eigenvalue weighted by molar-refractivity contribution is 6.30. The molecule has 3 aliphatic heterocycles. The van der Waals surface area contributed by atoms with E-state index in [4.69, 9.17) is 16.3 Å². The van der Waals surface area contributed by atoms with Gasteiger partial charge >= 0.3 is 0 Å². The van der Waals surface area contributed by atoms with Gasteiger partial charge < -0.3 is 30.5 Å². The number of benzene rings is 3. The summed E-state index contributed by atoms with van der Waals surface area (Å²) in [5, 5.41) is 10.6. The number of nitrogens with zero attached hydrogens (tertiary/aromatic N) is 2. The number of hydrogen-bond acceptors (Lipinski definition) is 6. The average Bonchev–Trinajstić information content (AvgIpc) is 3.45. The maximum atomic E-state index is 13.9. The van der Waals surface area contributed by atoms with Crippen LogP contribution >= 0.6 is 11.6 Å². The summed E-state index contributed by atoms with van der Waals surface area (Å²) in [4.78, 5) is 31.4. The number of piperazine rings is 1. The van der Waals surface area contributed by atoms with Gasteiger partial charge in [-0.3, -0.25) is 9.59 Å². The maximum absolute atomic E-state index is 13.9. The third-order valence-corrected chi connectivity index (χ3v) is 8.94. The molecule has 2 saturated heterocycles. The number of amides is 2. The van der Waals surface area contributed by atoms with Crippen LogP contribution in [0.3, 0.4) is 0 Å². The molecule has 0 spiro atoms. The van der Waals surface area contributed by atoms with Crippen molar-refractivity contribution in [1.82, 2.24) is 20.9 Å². The van der Waals surface area contributed by atoms with E-state index in [-0.39, 0.29) is 30.4 Å². The first-order valence-corrected chi connectivity index (χ1v) is 15.8. The van der Waals surface area contributed by atoms with Crippen LogP contribution in [0, 0.1) is 0 Å². The molecule has 0 saturated carbocycles. The third-order valence-electron chi connectivity index (χ3n) is 8.69. The van der Waals surface area contributed by atoms with E-state index in [9.17, 15) is 9.59 Å². The molecule has 3 N–H and O–H groups in total. The van der Waals surface area contributed by atoms with Gasteiger partial charge in [-0.05, 0) is 60.3 Å². The number of halogens is 1. The van der Waals surface area contributed by atoms with Crippen LogP contribution in [-0.4, -0.2) is 68.1 Å². The van der Waals surface area contributed by atoms with E-state index < -0.39 is 6.04 Å². The van der Waals surface area contributed by atoms with Crippen LogP contribution in [0.25, 0.3) is 0 Å². The number of fused-ring (bicyclic) bond motifs is 1. The molecule has 3 atom stereocenters. The average molecular weight is 602 g/mol. The Bertz CT molecular complexity index is 1400. The van der Waals surface area contributed by atoms with Crippen LogP contribution in [0.15, 0.2) is 72.8 Å². The predicted molar refractivity (Wildman–Crippen MR) is 169 cm³/mol. The summed E-state index contributed by atoms with van der Waals surface area (Å²) in [6.45, 7) is 5.19. The number of anilines is 1. The van der Waals surface area contributed by atoms with Crippen LogP contribution in [0.5, 0.6) is 5.75 Å². The van der Waals surface area contributed by atoms with Crippen LogP contribution in [0.2, 0.25) is 5.02 Å². The Morgan fingerprint density at radius 2 is 1.74 bits per heavy atom.